The Kier molecular flexibility index (Phi) is 3.61. The monoisotopic (exact) mass is 287 g/mol. The van der Waals surface area contributed by atoms with Crippen molar-refractivity contribution >= 4 is 21.6 Å². The molecule has 0 aromatic heterocycles. The first-order valence-electron chi connectivity index (χ1n) is 5.71. The van der Waals surface area contributed by atoms with Gasteiger partial charge in [0.05, 0.1) is 16.3 Å². The van der Waals surface area contributed by atoms with E-state index in [9.17, 15) is 17.6 Å². The van der Waals surface area contributed by atoms with Gasteiger partial charge in [0.2, 0.25) is 0 Å². The Hall–Kier alpha value is -1.83. The third-order valence-corrected chi connectivity index (χ3v) is 4.64. The van der Waals surface area contributed by atoms with Gasteiger partial charge < -0.3 is 16.0 Å². The maximum Gasteiger partial charge on any atom is 0.317 e. The summed E-state index contributed by atoms with van der Waals surface area (Å²) in [6, 6.07) is 2.88. The number of amides is 2. The van der Waals surface area contributed by atoms with Crippen molar-refractivity contribution in [2.75, 3.05) is 31.1 Å². The molecule has 8 heteroatoms. The van der Waals surface area contributed by atoms with Crippen LogP contribution in [0.15, 0.2) is 23.1 Å². The van der Waals surface area contributed by atoms with Crippen LogP contribution in [-0.4, -0.2) is 44.7 Å². The molecular weight excluding hydrogens is 273 g/mol. The lowest BCUT2D eigenvalue weighted by molar-refractivity contribution is 0.220. The molecule has 1 saturated heterocycles. The predicted octanol–water partition coefficient (Wildman–Crippen LogP) is 0.207. The number of sulfone groups is 1. The summed E-state index contributed by atoms with van der Waals surface area (Å²) in [5.74, 6) is -0.827. The normalized spacial score (nSPS) is 15.6. The highest BCUT2D eigenvalue weighted by atomic mass is 32.2. The van der Waals surface area contributed by atoms with Crippen molar-refractivity contribution in [3.63, 3.8) is 0 Å². The molecule has 0 saturated carbocycles. The van der Waals surface area contributed by atoms with Crippen LogP contribution in [0.1, 0.15) is 0 Å². The number of rotatable bonds is 4. The summed E-state index contributed by atoms with van der Waals surface area (Å²) in [5, 5.41) is 2.58. The molecule has 1 aromatic carbocycles. The van der Waals surface area contributed by atoms with Gasteiger partial charge in [-0.25, -0.2) is 17.6 Å². The minimum Gasteiger partial charge on any atom is -0.398 e. The molecular formula is C11H14FN3O3S. The molecule has 0 bridgehead atoms. The minimum absolute atomic E-state index is 0.0883. The van der Waals surface area contributed by atoms with Crippen LogP contribution in [0.2, 0.25) is 0 Å². The van der Waals surface area contributed by atoms with Gasteiger partial charge in [-0.3, -0.25) is 0 Å². The molecule has 2 amide bonds. The molecule has 3 N–H and O–H groups in total. The average molecular weight is 287 g/mol. The third kappa shape index (κ3) is 2.95. The van der Waals surface area contributed by atoms with E-state index in [2.05, 4.69) is 5.32 Å². The van der Waals surface area contributed by atoms with E-state index < -0.39 is 15.7 Å². The molecule has 19 heavy (non-hydrogen) atoms. The molecule has 104 valence electrons. The summed E-state index contributed by atoms with van der Waals surface area (Å²) >= 11 is 0. The molecule has 0 atom stereocenters. The van der Waals surface area contributed by atoms with Crippen molar-refractivity contribution in [1.29, 1.82) is 0 Å². The number of anilines is 1. The van der Waals surface area contributed by atoms with Gasteiger partial charge in [-0.1, -0.05) is 0 Å². The highest BCUT2D eigenvalue weighted by Gasteiger charge is 2.24. The number of nitrogens with zero attached hydrogens (tertiary/aromatic N) is 1. The summed E-state index contributed by atoms with van der Waals surface area (Å²) in [7, 11) is -3.63. The van der Waals surface area contributed by atoms with Gasteiger partial charge in [0.1, 0.15) is 5.82 Å². The Morgan fingerprint density at radius 2 is 2.16 bits per heavy atom. The number of urea groups is 1. The zero-order valence-corrected chi connectivity index (χ0v) is 10.9. The van der Waals surface area contributed by atoms with E-state index in [0.717, 1.165) is 18.2 Å². The van der Waals surface area contributed by atoms with Crippen molar-refractivity contribution in [2.45, 2.75) is 4.90 Å². The van der Waals surface area contributed by atoms with Gasteiger partial charge >= 0.3 is 6.03 Å². The first-order valence-corrected chi connectivity index (χ1v) is 7.36. The van der Waals surface area contributed by atoms with Crippen LogP contribution in [0.4, 0.5) is 14.9 Å². The molecule has 1 fully saturated rings. The number of nitrogen functional groups attached to an aromatic ring is 1. The predicted molar refractivity (Wildman–Crippen MR) is 67.8 cm³/mol. The van der Waals surface area contributed by atoms with Gasteiger partial charge in [-0.2, -0.15) is 0 Å². The summed E-state index contributed by atoms with van der Waals surface area (Å²) in [5.41, 5.74) is 5.39. The second kappa shape index (κ2) is 5.04. The Bertz CT molecular complexity index is 603. The third-order valence-electron chi connectivity index (χ3n) is 2.88. The maximum absolute atomic E-state index is 12.9. The summed E-state index contributed by atoms with van der Waals surface area (Å²) in [4.78, 5) is 12.6. The quantitative estimate of drug-likeness (QED) is 0.611. The Balaban J connectivity index is 2.12. The first kappa shape index (κ1) is 13.6. The molecule has 1 aromatic rings. The van der Waals surface area contributed by atoms with Crippen LogP contribution in [0.25, 0.3) is 0 Å². The fraction of sp³-hybridized carbons (Fsp3) is 0.364. The number of nitrogens with one attached hydrogen (secondary N) is 1. The van der Waals surface area contributed by atoms with Crippen molar-refractivity contribution < 1.29 is 17.6 Å². The van der Waals surface area contributed by atoms with Crippen molar-refractivity contribution in [1.82, 2.24) is 10.2 Å². The second-order valence-corrected chi connectivity index (χ2v) is 6.30. The smallest absolute Gasteiger partial charge is 0.317 e. The second-order valence-electron chi connectivity index (χ2n) is 4.22. The Morgan fingerprint density at radius 1 is 1.42 bits per heavy atom. The maximum atomic E-state index is 12.9. The number of hydrogen-bond acceptors (Lipinski definition) is 4. The number of halogens is 1. The molecule has 0 spiro atoms. The van der Waals surface area contributed by atoms with E-state index >= 15 is 0 Å². The molecule has 0 aliphatic carbocycles. The number of nitrogens with two attached hydrogens (primary N) is 1. The zero-order valence-electron chi connectivity index (χ0n) is 10.1. The molecule has 0 unspecified atom stereocenters. The molecule has 2 rings (SSSR count). The SMILES string of the molecule is Nc1cc(F)ccc1S(=O)(=O)CCN1CCNC1=O. The van der Waals surface area contributed by atoms with E-state index in [4.69, 9.17) is 5.73 Å². The molecule has 1 heterocycles. The van der Waals surface area contributed by atoms with E-state index in [0.29, 0.717) is 13.1 Å². The number of carbonyl (C=O) groups excluding carboxylic acids is 1. The molecule has 6 nitrogen and oxygen atoms in total. The van der Waals surface area contributed by atoms with Crippen LogP contribution in [0.5, 0.6) is 0 Å². The minimum atomic E-state index is -3.63. The van der Waals surface area contributed by atoms with Gasteiger partial charge in [-0.05, 0) is 18.2 Å². The lowest BCUT2D eigenvalue weighted by atomic mass is 10.3. The Labute approximate surface area is 110 Å². The first-order chi connectivity index (χ1) is 8.90. The average Bonchev–Trinajstić information content (AvgIpc) is 2.72. The van der Waals surface area contributed by atoms with E-state index in [-0.39, 0.29) is 28.9 Å². The lowest BCUT2D eigenvalue weighted by Gasteiger charge is -2.14. The van der Waals surface area contributed by atoms with E-state index in [1.165, 1.54) is 4.90 Å². The molecule has 0 radical (unpaired) electrons. The molecule has 1 aliphatic heterocycles. The summed E-state index contributed by atoms with van der Waals surface area (Å²) in [6.07, 6.45) is 0. The number of hydrogen-bond donors (Lipinski definition) is 2. The van der Waals surface area contributed by atoms with Crippen molar-refractivity contribution in [2.24, 2.45) is 0 Å². The number of benzene rings is 1. The standard InChI is InChI=1S/C11H14FN3O3S/c12-8-1-2-10(9(13)7-8)19(17,18)6-5-15-4-3-14-11(15)16/h1-2,7H,3-6,13H2,(H,14,16). The summed E-state index contributed by atoms with van der Waals surface area (Å²) in [6.45, 7) is 1.08. The van der Waals surface area contributed by atoms with Crippen molar-refractivity contribution in [3.05, 3.63) is 24.0 Å². The zero-order chi connectivity index (χ0) is 14.0. The topological polar surface area (TPSA) is 92.5 Å². The molecule has 1 aliphatic rings. The van der Waals surface area contributed by atoms with Crippen LogP contribution in [-0.2, 0) is 9.84 Å². The van der Waals surface area contributed by atoms with E-state index in [1.807, 2.05) is 0 Å². The highest BCUT2D eigenvalue weighted by Crippen LogP contribution is 2.20. The van der Waals surface area contributed by atoms with Crippen LogP contribution < -0.4 is 11.1 Å². The largest absolute Gasteiger partial charge is 0.398 e. The van der Waals surface area contributed by atoms with Crippen LogP contribution in [0, 0.1) is 5.82 Å². The lowest BCUT2D eigenvalue weighted by Crippen LogP contribution is -2.32. The number of carbonyl (C=O) groups is 1. The van der Waals surface area contributed by atoms with Gasteiger partial charge in [0.15, 0.2) is 9.84 Å². The highest BCUT2D eigenvalue weighted by molar-refractivity contribution is 7.91. The van der Waals surface area contributed by atoms with Gasteiger partial charge in [0, 0.05) is 19.6 Å². The van der Waals surface area contributed by atoms with Gasteiger partial charge in [0.25, 0.3) is 0 Å². The van der Waals surface area contributed by atoms with E-state index in [1.54, 1.807) is 0 Å². The van der Waals surface area contributed by atoms with Crippen molar-refractivity contribution in [3.8, 4) is 0 Å². The summed E-state index contributed by atoms with van der Waals surface area (Å²) < 4.78 is 37.0. The fourth-order valence-corrected chi connectivity index (χ4v) is 3.24. The Morgan fingerprint density at radius 3 is 2.74 bits per heavy atom. The van der Waals surface area contributed by atoms with Gasteiger partial charge in [-0.15, -0.1) is 0 Å². The van der Waals surface area contributed by atoms with Crippen LogP contribution >= 0.6 is 0 Å². The van der Waals surface area contributed by atoms with Crippen LogP contribution in [0.3, 0.4) is 0 Å². The fourth-order valence-electron chi connectivity index (χ4n) is 1.87.